The van der Waals surface area contributed by atoms with Crippen molar-refractivity contribution in [2.24, 2.45) is 0 Å². The van der Waals surface area contributed by atoms with E-state index in [1.807, 2.05) is 19.1 Å². The molecular weight excluding hydrogens is 342 g/mol. The molecule has 1 aromatic heterocycles. The molecule has 7 nitrogen and oxygen atoms in total. The molecular formula is C20H27N5O2. The van der Waals surface area contributed by atoms with E-state index in [4.69, 9.17) is 4.74 Å². The number of amides is 1. The van der Waals surface area contributed by atoms with Crippen LogP contribution in [0.25, 0.3) is 0 Å². The maximum Gasteiger partial charge on any atom is 0.409 e. The van der Waals surface area contributed by atoms with Gasteiger partial charge in [-0.3, -0.25) is 0 Å². The van der Waals surface area contributed by atoms with E-state index in [9.17, 15) is 4.79 Å². The summed E-state index contributed by atoms with van der Waals surface area (Å²) in [6.45, 7) is 4.46. The smallest absolute Gasteiger partial charge is 0.409 e. The van der Waals surface area contributed by atoms with Crippen molar-refractivity contribution in [1.82, 2.24) is 14.9 Å². The Morgan fingerprint density at radius 1 is 1.19 bits per heavy atom. The molecule has 2 heterocycles. The lowest BCUT2D eigenvalue weighted by Crippen LogP contribution is -2.42. The zero-order valence-corrected chi connectivity index (χ0v) is 15.7. The predicted molar refractivity (Wildman–Crippen MR) is 106 cm³/mol. The molecule has 3 rings (SSSR count). The highest BCUT2D eigenvalue weighted by molar-refractivity contribution is 5.67. The third kappa shape index (κ3) is 5.84. The van der Waals surface area contributed by atoms with Crippen molar-refractivity contribution in [2.75, 3.05) is 36.9 Å². The first-order valence-corrected chi connectivity index (χ1v) is 9.52. The summed E-state index contributed by atoms with van der Waals surface area (Å²) >= 11 is 0. The van der Waals surface area contributed by atoms with Gasteiger partial charge < -0.3 is 20.3 Å². The van der Waals surface area contributed by atoms with Gasteiger partial charge in [-0.15, -0.1) is 0 Å². The van der Waals surface area contributed by atoms with Gasteiger partial charge in [0.15, 0.2) is 0 Å². The molecule has 0 unspecified atom stereocenters. The lowest BCUT2D eigenvalue weighted by molar-refractivity contribution is 0.0983. The van der Waals surface area contributed by atoms with Crippen LogP contribution in [0.3, 0.4) is 0 Å². The van der Waals surface area contributed by atoms with Crippen molar-refractivity contribution in [3.05, 3.63) is 48.3 Å². The Morgan fingerprint density at radius 2 is 1.93 bits per heavy atom. The summed E-state index contributed by atoms with van der Waals surface area (Å²) in [7, 11) is 0. The van der Waals surface area contributed by atoms with Crippen molar-refractivity contribution in [2.45, 2.75) is 32.2 Å². The molecule has 2 N–H and O–H groups in total. The van der Waals surface area contributed by atoms with E-state index < -0.39 is 0 Å². The molecule has 27 heavy (non-hydrogen) atoms. The summed E-state index contributed by atoms with van der Waals surface area (Å²) in [5, 5.41) is 6.80. The monoisotopic (exact) mass is 369 g/mol. The minimum absolute atomic E-state index is 0.220. The number of ether oxygens (including phenoxy) is 1. The molecule has 1 saturated heterocycles. The van der Waals surface area contributed by atoms with Gasteiger partial charge in [-0.1, -0.05) is 30.3 Å². The van der Waals surface area contributed by atoms with Gasteiger partial charge in [-0.2, -0.15) is 0 Å². The van der Waals surface area contributed by atoms with Crippen LogP contribution in [0.15, 0.2) is 42.7 Å². The zero-order chi connectivity index (χ0) is 18.9. The van der Waals surface area contributed by atoms with E-state index in [0.29, 0.717) is 25.7 Å². The van der Waals surface area contributed by atoms with E-state index in [-0.39, 0.29) is 6.09 Å². The third-order valence-electron chi connectivity index (χ3n) is 4.60. The van der Waals surface area contributed by atoms with Crippen LogP contribution in [0.1, 0.15) is 25.3 Å². The van der Waals surface area contributed by atoms with Crippen LogP contribution in [0.5, 0.6) is 0 Å². The number of likely N-dealkylation sites (tertiary alicyclic amines) is 1. The highest BCUT2D eigenvalue weighted by atomic mass is 16.6. The molecule has 2 aromatic rings. The Hall–Kier alpha value is -2.83. The van der Waals surface area contributed by atoms with Gasteiger partial charge in [0, 0.05) is 31.7 Å². The summed E-state index contributed by atoms with van der Waals surface area (Å²) in [5.41, 5.74) is 1.30. The average Bonchev–Trinajstić information content (AvgIpc) is 2.70. The van der Waals surface area contributed by atoms with E-state index >= 15 is 0 Å². The average molecular weight is 369 g/mol. The Balaban J connectivity index is 1.44. The van der Waals surface area contributed by atoms with Crippen molar-refractivity contribution >= 4 is 17.7 Å². The van der Waals surface area contributed by atoms with Crippen molar-refractivity contribution < 1.29 is 9.53 Å². The molecule has 1 aromatic carbocycles. The normalized spacial score (nSPS) is 14.6. The summed E-state index contributed by atoms with van der Waals surface area (Å²) in [6.07, 6.45) is 4.04. The van der Waals surface area contributed by atoms with Crippen LogP contribution in [0, 0.1) is 0 Å². The highest BCUT2D eigenvalue weighted by Crippen LogP contribution is 2.17. The number of carbonyl (C=O) groups excluding carboxylic acids is 1. The Labute approximate surface area is 160 Å². The van der Waals surface area contributed by atoms with E-state index in [2.05, 4.69) is 44.9 Å². The fraction of sp³-hybridized carbons (Fsp3) is 0.450. The van der Waals surface area contributed by atoms with Crippen LogP contribution >= 0.6 is 0 Å². The number of benzene rings is 1. The third-order valence-corrected chi connectivity index (χ3v) is 4.60. The molecule has 1 amide bonds. The van der Waals surface area contributed by atoms with E-state index in [1.54, 1.807) is 11.2 Å². The molecule has 0 aliphatic carbocycles. The van der Waals surface area contributed by atoms with Gasteiger partial charge in [0.05, 0.1) is 6.61 Å². The fourth-order valence-electron chi connectivity index (χ4n) is 3.14. The van der Waals surface area contributed by atoms with Crippen LogP contribution < -0.4 is 10.6 Å². The van der Waals surface area contributed by atoms with Gasteiger partial charge in [0.1, 0.15) is 18.0 Å². The number of rotatable bonds is 7. The first-order valence-electron chi connectivity index (χ1n) is 9.52. The maximum absolute atomic E-state index is 11.8. The minimum atomic E-state index is -0.220. The molecule has 0 spiro atoms. The van der Waals surface area contributed by atoms with Gasteiger partial charge in [-0.05, 0) is 31.7 Å². The molecule has 144 valence electrons. The molecule has 0 bridgehead atoms. The van der Waals surface area contributed by atoms with E-state index in [1.165, 1.54) is 5.56 Å². The molecule has 1 aliphatic rings. The highest BCUT2D eigenvalue weighted by Gasteiger charge is 2.23. The van der Waals surface area contributed by atoms with Crippen LogP contribution in [0.2, 0.25) is 0 Å². The summed E-state index contributed by atoms with van der Waals surface area (Å²) in [4.78, 5) is 22.1. The molecule has 1 aliphatic heterocycles. The van der Waals surface area contributed by atoms with Crippen LogP contribution in [0.4, 0.5) is 16.4 Å². The first kappa shape index (κ1) is 18.9. The van der Waals surface area contributed by atoms with Crippen LogP contribution in [-0.2, 0) is 11.2 Å². The Morgan fingerprint density at radius 3 is 2.67 bits per heavy atom. The molecule has 7 heteroatoms. The Kier molecular flexibility index (Phi) is 6.84. The first-order chi connectivity index (χ1) is 13.2. The second-order valence-electron chi connectivity index (χ2n) is 6.56. The van der Waals surface area contributed by atoms with Crippen molar-refractivity contribution in [3.8, 4) is 0 Å². The molecule has 0 atom stereocenters. The quantitative estimate of drug-likeness (QED) is 0.780. The number of hydrogen-bond donors (Lipinski definition) is 2. The standard InChI is InChI=1S/C20H27N5O2/c1-2-27-20(26)25-12-9-17(10-13-25)24-19-14-18(22-15-23-19)21-11-8-16-6-4-3-5-7-16/h3-7,14-15,17H,2,8-13H2,1H3,(H2,21,22,23,24). The minimum Gasteiger partial charge on any atom is -0.450 e. The van der Waals surface area contributed by atoms with Gasteiger partial charge >= 0.3 is 6.09 Å². The van der Waals surface area contributed by atoms with E-state index in [0.717, 1.165) is 37.4 Å². The van der Waals surface area contributed by atoms with Gasteiger partial charge in [-0.25, -0.2) is 14.8 Å². The second kappa shape index (κ2) is 9.75. The topological polar surface area (TPSA) is 79.4 Å². The van der Waals surface area contributed by atoms with Crippen LogP contribution in [-0.4, -0.2) is 53.2 Å². The van der Waals surface area contributed by atoms with Gasteiger partial charge in [0.2, 0.25) is 0 Å². The number of hydrogen-bond acceptors (Lipinski definition) is 6. The summed E-state index contributed by atoms with van der Waals surface area (Å²) < 4.78 is 5.06. The number of anilines is 2. The number of nitrogens with one attached hydrogen (secondary N) is 2. The zero-order valence-electron chi connectivity index (χ0n) is 15.7. The number of carbonyl (C=O) groups is 1. The molecule has 0 saturated carbocycles. The number of piperidine rings is 1. The second-order valence-corrected chi connectivity index (χ2v) is 6.56. The summed E-state index contributed by atoms with van der Waals surface area (Å²) in [5.74, 6) is 1.62. The lowest BCUT2D eigenvalue weighted by atomic mass is 10.1. The van der Waals surface area contributed by atoms with Crippen molar-refractivity contribution in [1.29, 1.82) is 0 Å². The number of nitrogens with zero attached hydrogens (tertiary/aromatic N) is 3. The molecule has 0 radical (unpaired) electrons. The predicted octanol–water partition coefficient (Wildman–Crippen LogP) is 3.16. The SMILES string of the molecule is CCOC(=O)N1CCC(Nc2cc(NCCc3ccccc3)ncn2)CC1. The fourth-order valence-corrected chi connectivity index (χ4v) is 3.14. The van der Waals surface area contributed by atoms with Crippen molar-refractivity contribution in [3.63, 3.8) is 0 Å². The summed E-state index contributed by atoms with van der Waals surface area (Å²) in [6, 6.07) is 12.6. The Bertz CT molecular complexity index is 717. The lowest BCUT2D eigenvalue weighted by Gasteiger charge is -2.31. The maximum atomic E-state index is 11.8. The molecule has 1 fully saturated rings. The van der Waals surface area contributed by atoms with Gasteiger partial charge in [0.25, 0.3) is 0 Å². The number of aromatic nitrogens is 2. The largest absolute Gasteiger partial charge is 0.450 e.